The van der Waals surface area contributed by atoms with Crippen LogP contribution in [0.5, 0.6) is 5.75 Å². The van der Waals surface area contributed by atoms with Crippen LogP contribution in [0.3, 0.4) is 0 Å². The topological polar surface area (TPSA) is 21.3 Å². The number of methoxy groups -OCH3 is 1. The van der Waals surface area contributed by atoms with Crippen molar-refractivity contribution in [1.82, 2.24) is 0 Å². The minimum atomic E-state index is 0.907. The maximum atomic E-state index is 5.14. The second kappa shape index (κ2) is 6.64. The molecule has 18 heavy (non-hydrogen) atoms. The first-order valence-corrected chi connectivity index (χ1v) is 6.98. The molecule has 0 spiro atoms. The van der Waals surface area contributed by atoms with Gasteiger partial charge in [-0.3, -0.25) is 0 Å². The molecular weight excluding hydrogens is 337 g/mol. The molecule has 0 aliphatic carbocycles. The summed E-state index contributed by atoms with van der Waals surface area (Å²) in [6.07, 6.45) is 1.01. The summed E-state index contributed by atoms with van der Waals surface area (Å²) in [4.78, 5) is 0. The Morgan fingerprint density at radius 3 is 2.56 bits per heavy atom. The van der Waals surface area contributed by atoms with E-state index in [0.717, 1.165) is 18.7 Å². The molecule has 0 saturated carbocycles. The largest absolute Gasteiger partial charge is 0.497 e. The molecule has 3 heteroatoms. The van der Waals surface area contributed by atoms with Crippen molar-refractivity contribution in [1.29, 1.82) is 0 Å². The molecule has 1 N–H and O–H groups in total. The fourth-order valence-corrected chi connectivity index (χ4v) is 2.28. The minimum absolute atomic E-state index is 0.907. The van der Waals surface area contributed by atoms with Gasteiger partial charge in [-0.05, 0) is 64.9 Å². The van der Waals surface area contributed by atoms with Gasteiger partial charge in [0.1, 0.15) is 5.75 Å². The monoisotopic (exact) mass is 353 g/mol. The molecule has 2 aromatic carbocycles. The standard InChI is InChI=1S/C15H16INO/c1-18-15-7-5-12(6-8-15)9-10-17-14-4-2-3-13(16)11-14/h2-8,11,17H,9-10H2,1H3. The fourth-order valence-electron chi connectivity index (χ4n) is 1.74. The van der Waals surface area contributed by atoms with Gasteiger partial charge in [0.2, 0.25) is 0 Å². The highest BCUT2D eigenvalue weighted by atomic mass is 127. The smallest absolute Gasteiger partial charge is 0.118 e. The number of ether oxygens (including phenoxy) is 1. The lowest BCUT2D eigenvalue weighted by atomic mass is 10.1. The highest BCUT2D eigenvalue weighted by Crippen LogP contribution is 2.14. The maximum absolute atomic E-state index is 5.14. The van der Waals surface area contributed by atoms with E-state index in [9.17, 15) is 0 Å². The molecule has 0 aliphatic rings. The van der Waals surface area contributed by atoms with Crippen molar-refractivity contribution in [2.45, 2.75) is 6.42 Å². The van der Waals surface area contributed by atoms with Crippen molar-refractivity contribution in [2.75, 3.05) is 19.0 Å². The molecule has 0 fully saturated rings. The molecule has 0 bridgehead atoms. The van der Waals surface area contributed by atoms with E-state index in [2.05, 4.69) is 64.3 Å². The molecule has 0 aliphatic heterocycles. The van der Waals surface area contributed by atoms with Crippen LogP contribution in [0.25, 0.3) is 0 Å². The summed E-state index contributed by atoms with van der Waals surface area (Å²) in [5, 5.41) is 3.43. The molecule has 2 nitrogen and oxygen atoms in total. The number of nitrogens with one attached hydrogen (secondary N) is 1. The van der Waals surface area contributed by atoms with Crippen LogP contribution in [-0.2, 0) is 6.42 Å². The molecule has 0 atom stereocenters. The van der Waals surface area contributed by atoms with Gasteiger partial charge in [0, 0.05) is 15.8 Å². The third-order valence-electron chi connectivity index (χ3n) is 2.73. The highest BCUT2D eigenvalue weighted by Gasteiger charge is 1.96. The first-order chi connectivity index (χ1) is 8.78. The van der Waals surface area contributed by atoms with Gasteiger partial charge >= 0.3 is 0 Å². The zero-order valence-corrected chi connectivity index (χ0v) is 12.5. The minimum Gasteiger partial charge on any atom is -0.497 e. The Balaban J connectivity index is 1.84. The van der Waals surface area contributed by atoms with Crippen LogP contribution < -0.4 is 10.1 Å². The van der Waals surface area contributed by atoms with Gasteiger partial charge in [-0.25, -0.2) is 0 Å². The third-order valence-corrected chi connectivity index (χ3v) is 3.40. The summed E-state index contributed by atoms with van der Waals surface area (Å²) in [5.74, 6) is 0.907. The van der Waals surface area contributed by atoms with Crippen molar-refractivity contribution < 1.29 is 4.74 Å². The Kier molecular flexibility index (Phi) is 4.87. The number of rotatable bonds is 5. The molecule has 0 amide bonds. The van der Waals surface area contributed by atoms with Crippen molar-refractivity contribution in [3.63, 3.8) is 0 Å². The zero-order chi connectivity index (χ0) is 12.8. The van der Waals surface area contributed by atoms with E-state index in [0.29, 0.717) is 0 Å². The summed E-state index contributed by atoms with van der Waals surface area (Å²) < 4.78 is 6.39. The Labute approximate surface area is 122 Å². The lowest BCUT2D eigenvalue weighted by Crippen LogP contribution is -2.04. The van der Waals surface area contributed by atoms with Crippen LogP contribution in [0.2, 0.25) is 0 Å². The summed E-state index contributed by atoms with van der Waals surface area (Å²) >= 11 is 2.32. The van der Waals surface area contributed by atoms with Crippen LogP contribution in [-0.4, -0.2) is 13.7 Å². The van der Waals surface area contributed by atoms with Crippen LogP contribution in [0.4, 0.5) is 5.69 Å². The van der Waals surface area contributed by atoms with Crippen molar-refractivity contribution in [3.05, 3.63) is 57.7 Å². The van der Waals surface area contributed by atoms with Crippen LogP contribution in [0, 0.1) is 3.57 Å². The van der Waals surface area contributed by atoms with Crippen molar-refractivity contribution in [3.8, 4) is 5.75 Å². The Morgan fingerprint density at radius 1 is 1.11 bits per heavy atom. The third kappa shape index (κ3) is 3.91. The number of halogens is 1. The predicted octanol–water partition coefficient (Wildman–Crippen LogP) is 3.95. The van der Waals surface area contributed by atoms with E-state index in [-0.39, 0.29) is 0 Å². The van der Waals surface area contributed by atoms with Gasteiger partial charge in [-0.2, -0.15) is 0 Å². The molecule has 0 saturated heterocycles. The number of hydrogen-bond donors (Lipinski definition) is 1. The summed E-state index contributed by atoms with van der Waals surface area (Å²) in [5.41, 5.74) is 2.49. The number of benzene rings is 2. The van der Waals surface area contributed by atoms with E-state index >= 15 is 0 Å². The van der Waals surface area contributed by atoms with Crippen LogP contribution >= 0.6 is 22.6 Å². The van der Waals surface area contributed by atoms with Gasteiger partial charge in [0.25, 0.3) is 0 Å². The van der Waals surface area contributed by atoms with Gasteiger partial charge < -0.3 is 10.1 Å². The quantitative estimate of drug-likeness (QED) is 0.822. The van der Waals surface area contributed by atoms with E-state index in [1.54, 1.807) is 7.11 Å². The molecule has 0 aromatic heterocycles. The SMILES string of the molecule is COc1ccc(CCNc2cccc(I)c2)cc1. The second-order valence-electron chi connectivity index (χ2n) is 4.04. The summed E-state index contributed by atoms with van der Waals surface area (Å²) in [6, 6.07) is 16.6. The molecule has 2 aromatic rings. The lowest BCUT2D eigenvalue weighted by Gasteiger charge is -2.07. The zero-order valence-electron chi connectivity index (χ0n) is 10.3. The molecule has 0 unspecified atom stereocenters. The molecular formula is C15H16INO. The fraction of sp³-hybridized carbons (Fsp3) is 0.200. The first kappa shape index (κ1) is 13.2. The average molecular weight is 353 g/mol. The van der Waals surface area contributed by atoms with Gasteiger partial charge in [0.05, 0.1) is 7.11 Å². The Bertz CT molecular complexity index is 496. The van der Waals surface area contributed by atoms with Crippen molar-refractivity contribution in [2.24, 2.45) is 0 Å². The van der Waals surface area contributed by atoms with Gasteiger partial charge in [-0.15, -0.1) is 0 Å². The lowest BCUT2D eigenvalue weighted by molar-refractivity contribution is 0.414. The van der Waals surface area contributed by atoms with Gasteiger partial charge in [-0.1, -0.05) is 18.2 Å². The Hall–Kier alpha value is -1.23. The maximum Gasteiger partial charge on any atom is 0.118 e. The number of anilines is 1. The van der Waals surface area contributed by atoms with Gasteiger partial charge in [0.15, 0.2) is 0 Å². The average Bonchev–Trinajstić information content (AvgIpc) is 2.40. The first-order valence-electron chi connectivity index (χ1n) is 5.90. The van der Waals surface area contributed by atoms with E-state index in [1.807, 2.05) is 12.1 Å². The molecule has 0 heterocycles. The highest BCUT2D eigenvalue weighted by molar-refractivity contribution is 14.1. The predicted molar refractivity (Wildman–Crippen MR) is 84.3 cm³/mol. The van der Waals surface area contributed by atoms with Crippen LogP contribution in [0.15, 0.2) is 48.5 Å². The van der Waals surface area contributed by atoms with E-state index in [1.165, 1.54) is 14.8 Å². The van der Waals surface area contributed by atoms with E-state index in [4.69, 9.17) is 4.74 Å². The van der Waals surface area contributed by atoms with E-state index < -0.39 is 0 Å². The van der Waals surface area contributed by atoms with Crippen molar-refractivity contribution >= 4 is 28.3 Å². The summed E-state index contributed by atoms with van der Waals surface area (Å²) in [7, 11) is 1.69. The Morgan fingerprint density at radius 2 is 1.89 bits per heavy atom. The van der Waals surface area contributed by atoms with Crippen LogP contribution in [0.1, 0.15) is 5.56 Å². The number of hydrogen-bond acceptors (Lipinski definition) is 2. The normalized spacial score (nSPS) is 10.1. The molecule has 2 rings (SSSR count). The molecule has 0 radical (unpaired) electrons. The summed E-state index contributed by atoms with van der Waals surface area (Å²) in [6.45, 7) is 0.937. The molecule has 94 valence electrons. The second-order valence-corrected chi connectivity index (χ2v) is 5.28.